The van der Waals surface area contributed by atoms with E-state index in [0.717, 1.165) is 18.5 Å². The molecule has 0 unspecified atom stereocenters. The topological polar surface area (TPSA) is 27.2 Å². The number of anilines is 1. The van der Waals surface area contributed by atoms with E-state index in [1.54, 1.807) is 5.17 Å². The monoisotopic (exact) mass is 224 g/mol. The van der Waals surface area contributed by atoms with Crippen molar-refractivity contribution in [2.24, 2.45) is 0 Å². The first-order valence-corrected chi connectivity index (χ1v) is 5.53. The Morgan fingerprint density at radius 3 is 2.73 bits per heavy atom. The smallest absolute Gasteiger partial charge is 0.142 e. The Labute approximate surface area is 96.0 Å². The molecule has 1 aromatic rings. The lowest BCUT2D eigenvalue weighted by Crippen LogP contribution is -2.38. The number of nitrogens with one attached hydrogen (secondary N) is 1. The predicted molar refractivity (Wildman–Crippen MR) is 65.9 cm³/mol. The molecular formula is C11H16N2OS+. The van der Waals surface area contributed by atoms with Gasteiger partial charge in [-0.2, -0.15) is 0 Å². The highest BCUT2D eigenvalue weighted by molar-refractivity contribution is 7.78. The van der Waals surface area contributed by atoms with Gasteiger partial charge in [-0.3, -0.25) is 0 Å². The van der Waals surface area contributed by atoms with Gasteiger partial charge in [-0.25, -0.2) is 0 Å². The lowest BCUT2D eigenvalue weighted by molar-refractivity contribution is -0.0491. The van der Waals surface area contributed by atoms with Gasteiger partial charge in [0.2, 0.25) is 0 Å². The van der Waals surface area contributed by atoms with Crippen molar-refractivity contribution in [3.05, 3.63) is 30.3 Å². The van der Waals surface area contributed by atoms with E-state index in [2.05, 4.69) is 12.3 Å². The van der Waals surface area contributed by atoms with Gasteiger partial charge in [0, 0.05) is 12.1 Å². The molecule has 0 saturated carbocycles. The second-order valence-corrected chi connectivity index (χ2v) is 3.30. The zero-order valence-electron chi connectivity index (χ0n) is 8.85. The SMILES string of the molecule is CCCCO[N+](NC=S)c1ccccc1. The normalized spacial score (nSPS) is 10.3. The summed E-state index contributed by atoms with van der Waals surface area (Å²) < 4.78 is 0. The number of para-hydroxylation sites is 1. The third-order valence-electron chi connectivity index (χ3n) is 1.88. The van der Waals surface area contributed by atoms with Crippen LogP contribution in [0.4, 0.5) is 5.69 Å². The molecule has 3 nitrogen and oxygen atoms in total. The molecule has 0 atom stereocenters. The van der Waals surface area contributed by atoms with E-state index >= 15 is 0 Å². The van der Waals surface area contributed by atoms with Gasteiger partial charge < -0.3 is 0 Å². The maximum absolute atomic E-state index is 5.53. The maximum Gasteiger partial charge on any atom is 0.253 e. The summed E-state index contributed by atoms with van der Waals surface area (Å²) in [7, 11) is 0. The van der Waals surface area contributed by atoms with Crippen molar-refractivity contribution in [3.8, 4) is 0 Å². The second-order valence-electron chi connectivity index (χ2n) is 3.06. The van der Waals surface area contributed by atoms with E-state index in [-0.39, 0.29) is 0 Å². The molecule has 0 aliphatic carbocycles. The molecule has 0 aliphatic heterocycles. The van der Waals surface area contributed by atoms with Gasteiger partial charge in [0.05, 0.1) is 0 Å². The Morgan fingerprint density at radius 1 is 1.40 bits per heavy atom. The quantitative estimate of drug-likeness (QED) is 0.334. The van der Waals surface area contributed by atoms with Crippen LogP contribution in [0.15, 0.2) is 30.3 Å². The van der Waals surface area contributed by atoms with Crippen LogP contribution in [0.3, 0.4) is 0 Å². The van der Waals surface area contributed by atoms with Crippen LogP contribution in [-0.2, 0) is 4.84 Å². The Hall–Kier alpha value is -0.970. The zero-order chi connectivity index (χ0) is 10.9. The lowest BCUT2D eigenvalue weighted by atomic mass is 10.3. The van der Waals surface area contributed by atoms with Crippen molar-refractivity contribution in [1.29, 1.82) is 0 Å². The maximum atomic E-state index is 5.53. The molecule has 4 heteroatoms. The lowest BCUT2D eigenvalue weighted by Gasteiger charge is -2.05. The van der Waals surface area contributed by atoms with Crippen molar-refractivity contribution in [3.63, 3.8) is 0 Å². The fourth-order valence-corrected chi connectivity index (χ4v) is 1.19. The molecule has 1 aromatic carbocycles. The number of benzene rings is 1. The number of hydrogen-bond acceptors (Lipinski definition) is 3. The average Bonchev–Trinajstić information content (AvgIpc) is 2.29. The van der Waals surface area contributed by atoms with Crippen LogP contribution < -0.4 is 10.6 Å². The first kappa shape index (κ1) is 12.1. The van der Waals surface area contributed by atoms with E-state index < -0.39 is 0 Å². The summed E-state index contributed by atoms with van der Waals surface area (Å²) in [5.74, 6) is 0. The largest absolute Gasteiger partial charge is 0.253 e. The summed E-state index contributed by atoms with van der Waals surface area (Å²) in [6.07, 6.45) is 2.14. The van der Waals surface area contributed by atoms with Crippen molar-refractivity contribution < 1.29 is 4.84 Å². The first-order valence-electron chi connectivity index (χ1n) is 5.06. The fraction of sp³-hybridized carbons (Fsp3) is 0.364. The number of hydrazine groups is 1. The van der Waals surface area contributed by atoms with Gasteiger partial charge >= 0.3 is 0 Å². The van der Waals surface area contributed by atoms with Crippen LogP contribution in [0.2, 0.25) is 0 Å². The van der Waals surface area contributed by atoms with Crippen molar-refractivity contribution in [2.45, 2.75) is 19.8 Å². The van der Waals surface area contributed by atoms with Gasteiger partial charge in [-0.1, -0.05) is 43.8 Å². The van der Waals surface area contributed by atoms with E-state index in [9.17, 15) is 0 Å². The van der Waals surface area contributed by atoms with E-state index in [1.807, 2.05) is 30.3 Å². The molecule has 0 saturated heterocycles. The molecule has 81 valence electrons. The summed E-state index contributed by atoms with van der Waals surface area (Å²) in [4.78, 5) is 5.53. The Balaban J connectivity index is 2.53. The Bertz CT molecular complexity index is 279. The molecule has 0 aromatic heterocycles. The molecule has 0 heterocycles. The highest BCUT2D eigenvalue weighted by atomic mass is 32.1. The van der Waals surface area contributed by atoms with Crippen LogP contribution in [0.25, 0.3) is 0 Å². The minimum Gasteiger partial charge on any atom is -0.142 e. The van der Waals surface area contributed by atoms with Crippen LogP contribution in [0.5, 0.6) is 0 Å². The Kier molecular flexibility index (Phi) is 5.92. The van der Waals surface area contributed by atoms with Crippen LogP contribution in [0, 0.1) is 0 Å². The molecule has 1 rings (SSSR count). The zero-order valence-corrected chi connectivity index (χ0v) is 9.67. The van der Waals surface area contributed by atoms with Gasteiger partial charge in [-0.15, -0.1) is 10.3 Å². The molecule has 0 amide bonds. The number of rotatable bonds is 7. The number of unbranched alkanes of at least 4 members (excludes halogenated alkanes) is 1. The summed E-state index contributed by atoms with van der Waals surface area (Å²) in [5, 5.41) is 1.59. The number of hydrogen-bond donors (Lipinski definition) is 1. The summed E-state index contributed by atoms with van der Waals surface area (Å²) >= 11 is 4.75. The highest BCUT2D eigenvalue weighted by Gasteiger charge is 2.19. The highest BCUT2D eigenvalue weighted by Crippen LogP contribution is 2.10. The standard InChI is InChI=1S/C11H16N2OS/c1-2-3-9-14-13(12-10-15)11-7-5-4-6-8-11/h4-8,10H,2-3,9H2,1H3,(H,12,15)/q+1. The molecule has 1 N–H and O–H groups in total. The minimum absolute atomic E-state index is 0.682. The third-order valence-corrected chi connectivity index (χ3v) is 1.98. The molecule has 15 heavy (non-hydrogen) atoms. The minimum atomic E-state index is 0.682. The number of nitrogens with zero attached hydrogens (tertiary/aromatic N) is 1. The van der Waals surface area contributed by atoms with E-state index in [4.69, 9.17) is 17.1 Å². The van der Waals surface area contributed by atoms with Crippen molar-refractivity contribution >= 4 is 23.4 Å². The van der Waals surface area contributed by atoms with Crippen LogP contribution in [0.1, 0.15) is 19.8 Å². The van der Waals surface area contributed by atoms with E-state index in [0.29, 0.717) is 6.61 Å². The van der Waals surface area contributed by atoms with Crippen molar-refractivity contribution in [2.75, 3.05) is 6.61 Å². The van der Waals surface area contributed by atoms with E-state index in [1.165, 1.54) is 5.49 Å². The predicted octanol–water partition coefficient (Wildman–Crippen LogP) is 2.65. The molecule has 0 fully saturated rings. The van der Waals surface area contributed by atoms with Crippen molar-refractivity contribution in [1.82, 2.24) is 10.6 Å². The van der Waals surface area contributed by atoms with Crippen LogP contribution >= 0.6 is 12.2 Å². The summed E-state index contributed by atoms with van der Waals surface area (Å²) in [6.45, 7) is 2.81. The van der Waals surface area contributed by atoms with Gasteiger partial charge in [0.15, 0.2) is 0 Å². The van der Waals surface area contributed by atoms with Crippen LogP contribution in [-0.4, -0.2) is 12.1 Å². The van der Waals surface area contributed by atoms with Gasteiger partial charge in [0.1, 0.15) is 17.3 Å². The Morgan fingerprint density at radius 2 is 2.13 bits per heavy atom. The summed E-state index contributed by atoms with van der Waals surface area (Å²) in [6, 6.07) is 9.79. The summed E-state index contributed by atoms with van der Waals surface area (Å²) in [5.41, 5.74) is 5.23. The fourth-order valence-electron chi connectivity index (χ4n) is 1.10. The molecule has 0 aliphatic rings. The third kappa shape index (κ3) is 4.38. The van der Waals surface area contributed by atoms with Gasteiger partial charge in [-0.05, 0) is 6.42 Å². The average molecular weight is 224 g/mol. The molecule has 0 spiro atoms. The molecule has 1 radical (unpaired) electrons. The molecular weight excluding hydrogens is 208 g/mol. The second kappa shape index (κ2) is 7.34. The first-order chi connectivity index (χ1) is 7.38. The number of thiocarbonyl (C=S) groups is 1. The molecule has 0 bridgehead atoms. The van der Waals surface area contributed by atoms with Gasteiger partial charge in [0.25, 0.3) is 5.69 Å².